The van der Waals surface area contributed by atoms with Crippen molar-refractivity contribution in [1.29, 1.82) is 0 Å². The van der Waals surface area contributed by atoms with Gasteiger partial charge in [-0.3, -0.25) is 9.69 Å². The molecule has 4 rings (SSSR count). The van der Waals surface area contributed by atoms with Gasteiger partial charge < -0.3 is 5.32 Å². The van der Waals surface area contributed by atoms with Crippen LogP contribution in [0.2, 0.25) is 0 Å². The molecule has 0 radical (unpaired) electrons. The lowest BCUT2D eigenvalue weighted by molar-refractivity contribution is -0.126. The van der Waals surface area contributed by atoms with Gasteiger partial charge in [0.25, 0.3) is 0 Å². The third-order valence-electron chi connectivity index (χ3n) is 5.37. The molecule has 1 amide bonds. The van der Waals surface area contributed by atoms with Crippen LogP contribution in [0.25, 0.3) is 10.4 Å². The maximum absolute atomic E-state index is 13.3. The molecule has 2 aromatic carbocycles. The zero-order valence-corrected chi connectivity index (χ0v) is 17.1. The lowest BCUT2D eigenvalue weighted by atomic mass is 9.96. The highest BCUT2D eigenvalue weighted by Crippen LogP contribution is 2.26. The Morgan fingerprint density at radius 3 is 2.79 bits per heavy atom. The number of nitrogens with zero attached hydrogens (tertiary/aromatic N) is 1. The van der Waals surface area contributed by atoms with Crippen molar-refractivity contribution >= 4 is 17.2 Å². The summed E-state index contributed by atoms with van der Waals surface area (Å²) in [5, 5.41) is 5.07. The number of halogens is 1. The van der Waals surface area contributed by atoms with Crippen molar-refractivity contribution in [3.05, 3.63) is 83.0 Å². The van der Waals surface area contributed by atoms with E-state index in [4.69, 9.17) is 0 Å². The number of amides is 1. The van der Waals surface area contributed by atoms with Gasteiger partial charge in [-0.25, -0.2) is 4.39 Å². The van der Waals surface area contributed by atoms with Gasteiger partial charge in [0, 0.05) is 24.5 Å². The van der Waals surface area contributed by atoms with Crippen LogP contribution in [0.15, 0.2) is 66.0 Å². The largest absolute Gasteiger partial charge is 0.352 e. The number of likely N-dealkylation sites (tertiary alicyclic amines) is 1. The summed E-state index contributed by atoms with van der Waals surface area (Å²) in [5.74, 6) is -0.227. The van der Waals surface area contributed by atoms with Gasteiger partial charge in [0.15, 0.2) is 0 Å². The Balaban J connectivity index is 1.33. The van der Waals surface area contributed by atoms with Gasteiger partial charge in [0.05, 0.1) is 5.92 Å². The van der Waals surface area contributed by atoms with Gasteiger partial charge in [-0.1, -0.05) is 36.4 Å². The first-order chi connectivity index (χ1) is 14.2. The second kappa shape index (κ2) is 9.33. The summed E-state index contributed by atoms with van der Waals surface area (Å²) >= 11 is 1.75. The van der Waals surface area contributed by atoms with E-state index in [1.807, 2.05) is 6.07 Å². The maximum atomic E-state index is 13.3. The van der Waals surface area contributed by atoms with Gasteiger partial charge in [-0.05, 0) is 65.7 Å². The molecule has 1 aliphatic heterocycles. The number of rotatable bonds is 6. The van der Waals surface area contributed by atoms with Crippen LogP contribution >= 0.6 is 11.3 Å². The van der Waals surface area contributed by atoms with E-state index in [0.29, 0.717) is 6.54 Å². The smallest absolute Gasteiger partial charge is 0.224 e. The Labute approximate surface area is 175 Å². The minimum Gasteiger partial charge on any atom is -0.352 e. The number of benzene rings is 2. The molecule has 0 spiro atoms. The highest BCUT2D eigenvalue weighted by Gasteiger charge is 2.25. The van der Waals surface area contributed by atoms with Crippen molar-refractivity contribution in [2.45, 2.75) is 25.9 Å². The third-order valence-corrected chi connectivity index (χ3v) is 6.29. The van der Waals surface area contributed by atoms with Crippen molar-refractivity contribution in [2.24, 2.45) is 5.92 Å². The fraction of sp³-hybridized carbons (Fsp3) is 0.292. The average Bonchev–Trinajstić information content (AvgIpc) is 3.27. The van der Waals surface area contributed by atoms with Crippen LogP contribution in [0.1, 0.15) is 24.0 Å². The molecule has 1 unspecified atom stereocenters. The van der Waals surface area contributed by atoms with Crippen molar-refractivity contribution in [3.8, 4) is 10.4 Å². The molecule has 5 heteroatoms. The molecular weight excluding hydrogens is 383 g/mol. The van der Waals surface area contributed by atoms with E-state index in [1.165, 1.54) is 28.1 Å². The predicted molar refractivity (Wildman–Crippen MR) is 116 cm³/mol. The van der Waals surface area contributed by atoms with Crippen LogP contribution in [-0.4, -0.2) is 23.9 Å². The molecule has 1 aliphatic rings. The van der Waals surface area contributed by atoms with Crippen molar-refractivity contribution in [2.75, 3.05) is 13.1 Å². The molecule has 0 aliphatic carbocycles. The predicted octanol–water partition coefficient (Wildman–Crippen LogP) is 5.08. The van der Waals surface area contributed by atoms with Gasteiger partial charge >= 0.3 is 0 Å². The van der Waals surface area contributed by atoms with E-state index in [0.717, 1.165) is 38.0 Å². The normalized spacial score (nSPS) is 17.2. The number of hydrogen-bond acceptors (Lipinski definition) is 3. The Bertz CT molecular complexity index is 957. The van der Waals surface area contributed by atoms with Crippen LogP contribution in [-0.2, 0) is 17.9 Å². The van der Waals surface area contributed by atoms with E-state index in [9.17, 15) is 9.18 Å². The molecule has 1 fully saturated rings. The minimum atomic E-state index is -0.273. The van der Waals surface area contributed by atoms with Crippen molar-refractivity contribution in [1.82, 2.24) is 10.2 Å². The molecule has 2 heterocycles. The first-order valence-electron chi connectivity index (χ1n) is 10.0. The first kappa shape index (κ1) is 19.8. The van der Waals surface area contributed by atoms with Crippen LogP contribution in [0.4, 0.5) is 4.39 Å². The fourth-order valence-corrected chi connectivity index (χ4v) is 4.64. The Kier molecular flexibility index (Phi) is 6.37. The summed E-state index contributed by atoms with van der Waals surface area (Å²) in [6.07, 6.45) is 1.92. The third kappa shape index (κ3) is 5.31. The van der Waals surface area contributed by atoms with Crippen LogP contribution < -0.4 is 5.32 Å². The summed E-state index contributed by atoms with van der Waals surface area (Å²) in [5.41, 5.74) is 3.31. The summed E-state index contributed by atoms with van der Waals surface area (Å²) in [6.45, 7) is 3.00. The topological polar surface area (TPSA) is 32.3 Å². The zero-order chi connectivity index (χ0) is 20.1. The Morgan fingerprint density at radius 1 is 1.10 bits per heavy atom. The summed E-state index contributed by atoms with van der Waals surface area (Å²) in [7, 11) is 0. The van der Waals surface area contributed by atoms with E-state index in [-0.39, 0.29) is 17.6 Å². The molecule has 1 saturated heterocycles. The monoisotopic (exact) mass is 408 g/mol. The number of piperidine rings is 1. The molecular formula is C24H25FN2OS. The van der Waals surface area contributed by atoms with E-state index in [1.54, 1.807) is 17.4 Å². The Morgan fingerprint density at radius 2 is 1.97 bits per heavy atom. The van der Waals surface area contributed by atoms with Gasteiger partial charge in [-0.2, -0.15) is 0 Å². The zero-order valence-electron chi connectivity index (χ0n) is 16.3. The van der Waals surface area contributed by atoms with Gasteiger partial charge in [-0.15, -0.1) is 11.3 Å². The van der Waals surface area contributed by atoms with Crippen LogP contribution in [0.5, 0.6) is 0 Å². The molecule has 150 valence electrons. The van der Waals surface area contributed by atoms with Crippen LogP contribution in [0, 0.1) is 11.7 Å². The SMILES string of the molecule is O=C(NCc1cccc(F)c1)C1CCCN(Cc2cccc(-c3cccs3)c2)C1. The lowest BCUT2D eigenvalue weighted by Gasteiger charge is -2.32. The summed E-state index contributed by atoms with van der Waals surface area (Å²) < 4.78 is 13.3. The highest BCUT2D eigenvalue weighted by atomic mass is 32.1. The number of thiophene rings is 1. The highest BCUT2D eigenvalue weighted by molar-refractivity contribution is 7.13. The van der Waals surface area contributed by atoms with Gasteiger partial charge in [0.2, 0.25) is 5.91 Å². The second-order valence-electron chi connectivity index (χ2n) is 7.60. The average molecular weight is 409 g/mol. The van der Waals surface area contributed by atoms with E-state index >= 15 is 0 Å². The molecule has 1 atom stereocenters. The number of hydrogen-bond donors (Lipinski definition) is 1. The summed E-state index contributed by atoms with van der Waals surface area (Å²) in [6, 6.07) is 19.3. The molecule has 29 heavy (non-hydrogen) atoms. The molecule has 3 aromatic rings. The number of carbonyl (C=O) groups excluding carboxylic acids is 1. The fourth-order valence-electron chi connectivity index (χ4n) is 3.92. The van der Waals surface area contributed by atoms with Crippen molar-refractivity contribution < 1.29 is 9.18 Å². The van der Waals surface area contributed by atoms with Crippen molar-refractivity contribution in [3.63, 3.8) is 0 Å². The number of nitrogens with one attached hydrogen (secondary N) is 1. The van der Waals surface area contributed by atoms with E-state index < -0.39 is 0 Å². The lowest BCUT2D eigenvalue weighted by Crippen LogP contribution is -2.42. The molecule has 3 nitrogen and oxygen atoms in total. The van der Waals surface area contributed by atoms with Crippen LogP contribution in [0.3, 0.4) is 0 Å². The quantitative estimate of drug-likeness (QED) is 0.617. The molecule has 1 N–H and O–H groups in total. The molecule has 0 saturated carbocycles. The Hall–Kier alpha value is -2.50. The second-order valence-corrected chi connectivity index (χ2v) is 8.55. The van der Waals surface area contributed by atoms with E-state index in [2.05, 4.69) is 52.0 Å². The van der Waals surface area contributed by atoms with Gasteiger partial charge in [0.1, 0.15) is 5.82 Å². The standard InChI is InChI=1S/C24H25FN2OS/c25-22-9-2-5-18(14-22)15-26-24(28)21-8-3-11-27(17-21)16-19-6-1-7-20(13-19)23-10-4-12-29-23/h1-2,4-7,9-10,12-14,21H,3,8,11,15-17H2,(H,26,28). The first-order valence-corrected chi connectivity index (χ1v) is 10.9. The number of carbonyl (C=O) groups is 1. The summed E-state index contributed by atoms with van der Waals surface area (Å²) in [4.78, 5) is 16.3. The molecule has 0 bridgehead atoms. The minimum absolute atomic E-state index is 0.0159. The molecule has 1 aromatic heterocycles. The maximum Gasteiger partial charge on any atom is 0.224 e.